The highest BCUT2D eigenvalue weighted by Gasteiger charge is 2.16. The molecule has 146 valence electrons. The average Bonchev–Trinajstić information content (AvgIpc) is 3.35. The van der Waals surface area contributed by atoms with E-state index in [9.17, 15) is 9.18 Å². The fraction of sp³-hybridized carbons (Fsp3) is 0.136. The highest BCUT2D eigenvalue weighted by Crippen LogP contribution is 2.22. The van der Waals surface area contributed by atoms with Gasteiger partial charge in [0.1, 0.15) is 10.7 Å². The molecule has 0 aliphatic heterocycles. The lowest BCUT2D eigenvalue weighted by Crippen LogP contribution is -2.11. The van der Waals surface area contributed by atoms with Crippen LogP contribution in [0.25, 0.3) is 0 Å². The molecular weight excluding hydrogens is 387 g/mol. The third-order valence-corrected chi connectivity index (χ3v) is 5.59. The van der Waals surface area contributed by atoms with Gasteiger partial charge in [0.2, 0.25) is 0 Å². The number of hydrogen-bond acceptors (Lipinski definition) is 4. The van der Waals surface area contributed by atoms with Gasteiger partial charge in [0.25, 0.3) is 5.91 Å². The van der Waals surface area contributed by atoms with Crippen LogP contribution in [-0.2, 0) is 13.0 Å². The van der Waals surface area contributed by atoms with E-state index in [2.05, 4.69) is 15.4 Å². The first-order valence-electron chi connectivity index (χ1n) is 9.15. The fourth-order valence-corrected chi connectivity index (χ4v) is 3.97. The number of carbonyl (C=O) groups is 1. The number of hydrogen-bond donors (Lipinski definition) is 1. The normalized spacial score (nSPS) is 10.8. The van der Waals surface area contributed by atoms with Crippen LogP contribution in [0.3, 0.4) is 0 Å². The molecule has 5 nitrogen and oxygen atoms in total. The predicted octanol–water partition coefficient (Wildman–Crippen LogP) is 4.68. The Labute approximate surface area is 171 Å². The minimum atomic E-state index is -0.264. The number of thiazole rings is 1. The summed E-state index contributed by atoms with van der Waals surface area (Å²) in [5, 5.41) is 7.95. The standard InChI is InChI=1S/C22H19FN4OS/c1-15-21(29-20(25-15)13-16-3-7-18(23)8-4-16)22(28)26-19-9-5-17(6-10-19)14-27-12-2-11-24-27/h2-12H,13-14H2,1H3,(H,26,28). The molecule has 0 bridgehead atoms. The Hall–Kier alpha value is -3.32. The molecule has 2 aromatic carbocycles. The molecule has 0 aliphatic rings. The predicted molar refractivity (Wildman–Crippen MR) is 112 cm³/mol. The number of halogens is 1. The summed E-state index contributed by atoms with van der Waals surface area (Å²) >= 11 is 1.36. The molecule has 0 fully saturated rings. The molecule has 4 aromatic rings. The van der Waals surface area contributed by atoms with Gasteiger partial charge in [-0.3, -0.25) is 9.48 Å². The van der Waals surface area contributed by atoms with Crippen molar-refractivity contribution in [1.29, 1.82) is 0 Å². The van der Waals surface area contributed by atoms with Gasteiger partial charge in [-0.05, 0) is 48.4 Å². The maximum absolute atomic E-state index is 13.1. The summed E-state index contributed by atoms with van der Waals surface area (Å²) in [4.78, 5) is 17.8. The van der Waals surface area contributed by atoms with Crippen molar-refractivity contribution in [2.75, 3.05) is 5.32 Å². The Morgan fingerprint density at radius 3 is 2.52 bits per heavy atom. The lowest BCUT2D eigenvalue weighted by Gasteiger charge is -2.06. The summed E-state index contributed by atoms with van der Waals surface area (Å²) in [6, 6.07) is 15.9. The van der Waals surface area contributed by atoms with Crippen LogP contribution in [0.2, 0.25) is 0 Å². The first kappa shape index (κ1) is 19.0. The largest absolute Gasteiger partial charge is 0.321 e. The first-order chi connectivity index (χ1) is 14.1. The summed E-state index contributed by atoms with van der Waals surface area (Å²) in [6.07, 6.45) is 4.23. The zero-order valence-corrected chi connectivity index (χ0v) is 16.6. The maximum atomic E-state index is 13.1. The topological polar surface area (TPSA) is 59.8 Å². The van der Waals surface area contributed by atoms with Crippen molar-refractivity contribution in [3.63, 3.8) is 0 Å². The van der Waals surface area contributed by atoms with Crippen LogP contribution in [-0.4, -0.2) is 20.7 Å². The number of carbonyl (C=O) groups excluding carboxylic acids is 1. The number of rotatable bonds is 6. The van der Waals surface area contributed by atoms with E-state index >= 15 is 0 Å². The third-order valence-electron chi connectivity index (χ3n) is 4.43. The number of aryl methyl sites for hydroxylation is 1. The number of aromatic nitrogens is 3. The summed E-state index contributed by atoms with van der Waals surface area (Å²) in [7, 11) is 0. The second-order valence-corrected chi connectivity index (χ2v) is 7.76. The second-order valence-electron chi connectivity index (χ2n) is 6.68. The van der Waals surface area contributed by atoms with Crippen LogP contribution in [0, 0.1) is 12.7 Å². The van der Waals surface area contributed by atoms with Gasteiger partial charge in [0, 0.05) is 24.5 Å². The molecule has 4 rings (SSSR count). The molecule has 0 saturated heterocycles. The van der Waals surface area contributed by atoms with Crippen LogP contribution in [0.15, 0.2) is 67.0 Å². The van der Waals surface area contributed by atoms with Gasteiger partial charge in [-0.15, -0.1) is 11.3 Å². The highest BCUT2D eigenvalue weighted by atomic mass is 32.1. The van der Waals surface area contributed by atoms with Gasteiger partial charge in [-0.2, -0.15) is 5.10 Å². The van der Waals surface area contributed by atoms with Gasteiger partial charge >= 0.3 is 0 Å². The smallest absolute Gasteiger partial charge is 0.267 e. The van der Waals surface area contributed by atoms with Crippen molar-refractivity contribution < 1.29 is 9.18 Å². The van der Waals surface area contributed by atoms with Gasteiger partial charge in [0.05, 0.1) is 17.2 Å². The third kappa shape index (κ3) is 4.75. The maximum Gasteiger partial charge on any atom is 0.267 e. The number of nitrogens with zero attached hydrogens (tertiary/aromatic N) is 3. The second kappa shape index (κ2) is 8.36. The highest BCUT2D eigenvalue weighted by molar-refractivity contribution is 7.14. The summed E-state index contributed by atoms with van der Waals surface area (Å²) < 4.78 is 14.9. The number of amides is 1. The van der Waals surface area contributed by atoms with Crippen molar-refractivity contribution in [3.8, 4) is 0 Å². The first-order valence-corrected chi connectivity index (χ1v) is 9.97. The van der Waals surface area contributed by atoms with Crippen molar-refractivity contribution >= 4 is 22.9 Å². The van der Waals surface area contributed by atoms with Crippen LogP contribution in [0.4, 0.5) is 10.1 Å². The quantitative estimate of drug-likeness (QED) is 0.506. The van der Waals surface area contributed by atoms with E-state index in [0.29, 0.717) is 23.5 Å². The van der Waals surface area contributed by atoms with Crippen molar-refractivity contribution in [1.82, 2.24) is 14.8 Å². The summed E-state index contributed by atoms with van der Waals surface area (Å²) in [6.45, 7) is 2.51. The minimum Gasteiger partial charge on any atom is -0.321 e. The van der Waals surface area contributed by atoms with Crippen molar-refractivity contribution in [2.24, 2.45) is 0 Å². The lowest BCUT2D eigenvalue weighted by atomic mass is 10.1. The zero-order valence-electron chi connectivity index (χ0n) is 15.8. The van der Waals surface area contributed by atoms with Crippen LogP contribution >= 0.6 is 11.3 Å². The Bertz CT molecular complexity index is 1100. The van der Waals surface area contributed by atoms with E-state index in [1.807, 2.05) is 48.1 Å². The van der Waals surface area contributed by atoms with Gasteiger partial charge < -0.3 is 5.32 Å². The van der Waals surface area contributed by atoms with Crippen LogP contribution < -0.4 is 5.32 Å². The summed E-state index contributed by atoms with van der Waals surface area (Å²) in [5.41, 5.74) is 3.48. The number of benzene rings is 2. The van der Waals surface area contributed by atoms with Crippen molar-refractivity contribution in [2.45, 2.75) is 19.9 Å². The molecule has 1 amide bonds. The number of anilines is 1. The molecule has 0 unspecified atom stereocenters. The van der Waals surface area contributed by atoms with Gasteiger partial charge in [0.15, 0.2) is 0 Å². The molecular formula is C22H19FN4OS. The lowest BCUT2D eigenvalue weighted by molar-refractivity contribution is 0.103. The molecule has 7 heteroatoms. The molecule has 2 heterocycles. The molecule has 0 spiro atoms. The molecule has 2 aromatic heterocycles. The monoisotopic (exact) mass is 406 g/mol. The van der Waals surface area contributed by atoms with E-state index < -0.39 is 0 Å². The molecule has 0 radical (unpaired) electrons. The van der Waals surface area contributed by atoms with E-state index in [0.717, 1.165) is 21.8 Å². The molecule has 0 aliphatic carbocycles. The van der Waals surface area contributed by atoms with Crippen LogP contribution in [0.5, 0.6) is 0 Å². The van der Waals surface area contributed by atoms with E-state index in [-0.39, 0.29) is 11.7 Å². The molecule has 1 N–H and O–H groups in total. The average molecular weight is 406 g/mol. The zero-order chi connectivity index (χ0) is 20.2. The van der Waals surface area contributed by atoms with Gasteiger partial charge in [-0.25, -0.2) is 9.37 Å². The molecule has 29 heavy (non-hydrogen) atoms. The Morgan fingerprint density at radius 1 is 1.10 bits per heavy atom. The van der Waals surface area contributed by atoms with Gasteiger partial charge in [-0.1, -0.05) is 24.3 Å². The fourth-order valence-electron chi connectivity index (χ4n) is 2.98. The molecule has 0 atom stereocenters. The van der Waals surface area contributed by atoms with Crippen molar-refractivity contribution in [3.05, 3.63) is 99.5 Å². The number of nitrogens with one attached hydrogen (secondary N) is 1. The van der Waals surface area contributed by atoms with E-state index in [1.165, 1.54) is 23.5 Å². The minimum absolute atomic E-state index is 0.176. The Balaban J connectivity index is 1.41. The molecule has 0 saturated carbocycles. The summed E-state index contributed by atoms with van der Waals surface area (Å²) in [5.74, 6) is -0.440. The Morgan fingerprint density at radius 2 is 1.83 bits per heavy atom. The van der Waals surface area contributed by atoms with E-state index in [4.69, 9.17) is 0 Å². The Kier molecular flexibility index (Phi) is 5.48. The SMILES string of the molecule is Cc1nc(Cc2ccc(F)cc2)sc1C(=O)Nc1ccc(Cn2cccn2)cc1. The van der Waals surface area contributed by atoms with Crippen LogP contribution in [0.1, 0.15) is 31.5 Å². The van der Waals surface area contributed by atoms with E-state index in [1.54, 1.807) is 18.3 Å².